The summed E-state index contributed by atoms with van der Waals surface area (Å²) >= 11 is 0. The number of hydrogen-bond acceptors (Lipinski definition) is 7. The molecule has 0 aliphatic rings. The number of carbonyl (C=O) groups excluding carboxylic acids is 3. The molecule has 0 unspecified atom stereocenters. The van der Waals surface area contributed by atoms with Gasteiger partial charge in [-0.3, -0.25) is 0 Å². The molecule has 158 valence electrons. The van der Waals surface area contributed by atoms with E-state index in [0.717, 1.165) is 18.2 Å². The smallest absolute Gasteiger partial charge is 0.330 e. The minimum atomic E-state index is -4.45. The Morgan fingerprint density at radius 3 is 1.39 bits per heavy atom. The number of hydrogen-bond donors (Lipinski definition) is 0. The lowest BCUT2D eigenvalue weighted by Crippen LogP contribution is -2.44. The van der Waals surface area contributed by atoms with Crippen LogP contribution < -0.4 is 0 Å². The highest BCUT2D eigenvalue weighted by Crippen LogP contribution is 2.26. The number of halogens is 4. The fraction of sp³-hybridized carbons (Fsp3) is 0.471. The summed E-state index contributed by atoms with van der Waals surface area (Å²) in [6, 6.07) is 0. The van der Waals surface area contributed by atoms with Gasteiger partial charge >= 0.3 is 30.3 Å². The van der Waals surface area contributed by atoms with E-state index in [9.17, 15) is 31.9 Å². The molecule has 0 atom stereocenters. The van der Waals surface area contributed by atoms with Gasteiger partial charge in [0.25, 0.3) is 0 Å². The average Bonchev–Trinajstić information content (AvgIpc) is 2.67. The van der Waals surface area contributed by atoms with Gasteiger partial charge in [-0.15, -0.1) is 0 Å². The van der Waals surface area contributed by atoms with Crippen molar-refractivity contribution < 1.29 is 50.9 Å². The predicted molar refractivity (Wildman–Crippen MR) is 87.7 cm³/mol. The van der Waals surface area contributed by atoms with Crippen LogP contribution in [0.25, 0.3) is 0 Å². The molecule has 0 aliphatic carbocycles. The zero-order valence-electron chi connectivity index (χ0n) is 14.8. The third kappa shape index (κ3) is 9.31. The fourth-order valence-electron chi connectivity index (χ4n) is 1.57. The average molecular weight is 412 g/mol. The highest BCUT2D eigenvalue weighted by atomic mass is 19.3. The van der Waals surface area contributed by atoms with Crippen molar-refractivity contribution >= 4 is 17.9 Å². The van der Waals surface area contributed by atoms with Gasteiger partial charge in [0, 0.05) is 18.2 Å². The van der Waals surface area contributed by atoms with E-state index in [-0.39, 0.29) is 0 Å². The van der Waals surface area contributed by atoms with Crippen molar-refractivity contribution in [1.29, 1.82) is 0 Å². The number of rotatable bonds is 14. The maximum absolute atomic E-state index is 13.1. The van der Waals surface area contributed by atoms with Gasteiger partial charge in [0.2, 0.25) is 0 Å². The van der Waals surface area contributed by atoms with Crippen LogP contribution in [0, 0.1) is 5.41 Å². The van der Waals surface area contributed by atoms with E-state index >= 15 is 0 Å². The first-order valence-electron chi connectivity index (χ1n) is 7.63. The monoisotopic (exact) mass is 412 g/mol. The van der Waals surface area contributed by atoms with Gasteiger partial charge < -0.3 is 18.9 Å². The summed E-state index contributed by atoms with van der Waals surface area (Å²) in [6.07, 6.45) is -1.59. The van der Waals surface area contributed by atoms with Crippen LogP contribution >= 0.6 is 0 Å². The standard InChI is InChI=1S/C17H20F4O7/c1-4-12(22)26-8-16(9-27-13(23)5-2,10-28-14(24)6-3)7-25-11-17(20,21)15(18)19/h4-6,15H,1-3,7-11H2. The molecule has 0 aromatic carbocycles. The molecular formula is C17H20F4O7. The second-order valence-corrected chi connectivity index (χ2v) is 5.49. The zero-order valence-corrected chi connectivity index (χ0v) is 14.8. The predicted octanol–water partition coefficient (Wildman–Crippen LogP) is 2.08. The van der Waals surface area contributed by atoms with E-state index in [1.54, 1.807) is 0 Å². The molecule has 0 aliphatic heterocycles. The summed E-state index contributed by atoms with van der Waals surface area (Å²) in [4.78, 5) is 34.0. The van der Waals surface area contributed by atoms with E-state index in [1.807, 2.05) is 0 Å². The molecule has 0 radical (unpaired) electrons. The Labute approximate surface area is 158 Å². The van der Waals surface area contributed by atoms with Gasteiger partial charge in [-0.05, 0) is 0 Å². The van der Waals surface area contributed by atoms with Gasteiger partial charge in [-0.2, -0.15) is 8.78 Å². The topological polar surface area (TPSA) is 88.1 Å². The molecule has 0 fully saturated rings. The largest absolute Gasteiger partial charge is 0.462 e. The maximum Gasteiger partial charge on any atom is 0.330 e. The molecule has 0 heterocycles. The van der Waals surface area contributed by atoms with E-state index in [1.165, 1.54) is 0 Å². The molecule has 0 saturated carbocycles. The Kier molecular flexibility index (Phi) is 10.8. The summed E-state index contributed by atoms with van der Waals surface area (Å²) < 4.78 is 69.7. The van der Waals surface area contributed by atoms with Gasteiger partial charge in [-0.1, -0.05) is 19.7 Å². The fourth-order valence-corrected chi connectivity index (χ4v) is 1.57. The van der Waals surface area contributed by atoms with E-state index in [2.05, 4.69) is 24.5 Å². The first-order valence-corrected chi connectivity index (χ1v) is 7.63. The van der Waals surface area contributed by atoms with Crippen molar-refractivity contribution in [1.82, 2.24) is 0 Å². The van der Waals surface area contributed by atoms with Crippen LogP contribution in [0.2, 0.25) is 0 Å². The van der Waals surface area contributed by atoms with Crippen molar-refractivity contribution in [3.05, 3.63) is 38.0 Å². The van der Waals surface area contributed by atoms with Crippen molar-refractivity contribution in [2.24, 2.45) is 5.41 Å². The molecule has 0 aromatic rings. The minimum absolute atomic E-state index is 0.632. The SMILES string of the molecule is C=CC(=O)OCC(COCC(F)(F)C(F)F)(COC(=O)C=C)COC(=O)C=C. The Balaban J connectivity index is 5.42. The van der Waals surface area contributed by atoms with Gasteiger partial charge in [-0.25, -0.2) is 23.2 Å². The van der Waals surface area contributed by atoms with Crippen LogP contribution in [0.1, 0.15) is 0 Å². The third-order valence-corrected chi connectivity index (χ3v) is 3.08. The summed E-state index contributed by atoms with van der Waals surface area (Å²) in [5.74, 6) is -7.22. The quantitative estimate of drug-likeness (QED) is 0.187. The number of ether oxygens (including phenoxy) is 4. The van der Waals surface area contributed by atoms with E-state index < -0.39 is 68.7 Å². The number of carbonyl (C=O) groups is 3. The van der Waals surface area contributed by atoms with Crippen molar-refractivity contribution in [2.45, 2.75) is 12.3 Å². The molecule has 0 amide bonds. The molecule has 0 N–H and O–H groups in total. The molecule has 0 spiro atoms. The first kappa shape index (κ1) is 25.3. The van der Waals surface area contributed by atoms with Crippen LogP contribution in [0.4, 0.5) is 17.6 Å². The lowest BCUT2D eigenvalue weighted by Gasteiger charge is -2.32. The van der Waals surface area contributed by atoms with Crippen molar-refractivity contribution in [3.8, 4) is 0 Å². The number of esters is 3. The highest BCUT2D eigenvalue weighted by molar-refractivity contribution is 5.82. The lowest BCUT2D eigenvalue weighted by atomic mass is 9.92. The van der Waals surface area contributed by atoms with E-state index in [0.29, 0.717) is 0 Å². The van der Waals surface area contributed by atoms with Gasteiger partial charge in [0.1, 0.15) is 26.4 Å². The molecule has 0 saturated heterocycles. The highest BCUT2D eigenvalue weighted by Gasteiger charge is 2.43. The zero-order chi connectivity index (χ0) is 21.8. The Morgan fingerprint density at radius 2 is 1.11 bits per heavy atom. The molecule has 0 rings (SSSR count). The Bertz CT molecular complexity index is 530. The molecule has 11 heteroatoms. The second kappa shape index (κ2) is 11.9. The van der Waals surface area contributed by atoms with Crippen LogP contribution in [0.15, 0.2) is 38.0 Å². The van der Waals surface area contributed by atoms with Crippen molar-refractivity contribution in [3.63, 3.8) is 0 Å². The van der Waals surface area contributed by atoms with Crippen LogP contribution in [-0.2, 0) is 33.3 Å². The maximum atomic E-state index is 13.1. The second-order valence-electron chi connectivity index (χ2n) is 5.49. The normalized spacial score (nSPS) is 11.5. The van der Waals surface area contributed by atoms with Crippen LogP contribution in [0.5, 0.6) is 0 Å². The molecular weight excluding hydrogens is 392 g/mol. The lowest BCUT2D eigenvalue weighted by molar-refractivity contribution is -0.186. The van der Waals surface area contributed by atoms with Gasteiger partial charge in [0.05, 0.1) is 12.0 Å². The Hall–Kier alpha value is -2.69. The van der Waals surface area contributed by atoms with Crippen LogP contribution in [-0.4, -0.2) is 63.3 Å². The van der Waals surface area contributed by atoms with Gasteiger partial charge in [0.15, 0.2) is 0 Å². The van der Waals surface area contributed by atoms with Crippen molar-refractivity contribution in [2.75, 3.05) is 33.0 Å². The third-order valence-electron chi connectivity index (χ3n) is 3.08. The molecule has 0 bridgehead atoms. The first-order chi connectivity index (χ1) is 13.0. The summed E-state index contributed by atoms with van der Waals surface area (Å²) in [5, 5.41) is 0. The summed E-state index contributed by atoms with van der Waals surface area (Å²) in [6.45, 7) is 5.14. The molecule has 0 aromatic heterocycles. The van der Waals surface area contributed by atoms with Crippen LogP contribution in [0.3, 0.4) is 0 Å². The minimum Gasteiger partial charge on any atom is -0.462 e. The molecule has 28 heavy (non-hydrogen) atoms. The summed E-state index contributed by atoms with van der Waals surface area (Å²) in [7, 11) is 0. The summed E-state index contributed by atoms with van der Waals surface area (Å²) in [5.41, 5.74) is -1.67. The Morgan fingerprint density at radius 1 is 0.750 bits per heavy atom. The molecule has 7 nitrogen and oxygen atoms in total. The number of alkyl halides is 4. The van der Waals surface area contributed by atoms with E-state index in [4.69, 9.17) is 14.2 Å².